The van der Waals surface area contributed by atoms with Gasteiger partial charge < -0.3 is 0 Å². The van der Waals surface area contributed by atoms with Crippen molar-refractivity contribution in [2.45, 2.75) is 95.9 Å². The SMILES string of the molecule is CC.CC.CC.CC.Cc1cccc(C2=NN=C(c3ccccc3C)C2)c1.Cc1ccccc1C1=NN=C(c2ccccc2C)C1. The van der Waals surface area contributed by atoms with E-state index in [4.69, 9.17) is 0 Å². The summed E-state index contributed by atoms with van der Waals surface area (Å²) >= 11 is 0. The molecule has 0 unspecified atom stereocenters. The third kappa shape index (κ3) is 11.2. The summed E-state index contributed by atoms with van der Waals surface area (Å²) in [6.07, 6.45) is 1.63. The summed E-state index contributed by atoms with van der Waals surface area (Å²) in [6.45, 7) is 24.4. The van der Waals surface area contributed by atoms with Crippen molar-refractivity contribution < 1.29 is 0 Å². The van der Waals surface area contributed by atoms with Crippen LogP contribution in [0.2, 0.25) is 0 Å². The van der Waals surface area contributed by atoms with Gasteiger partial charge in [-0.15, -0.1) is 0 Å². The molecule has 0 saturated heterocycles. The van der Waals surface area contributed by atoms with Crippen LogP contribution >= 0.6 is 0 Å². The van der Waals surface area contributed by atoms with E-state index >= 15 is 0 Å². The quantitative estimate of drug-likeness (QED) is 0.219. The lowest BCUT2D eigenvalue weighted by atomic mass is 9.96. The molecule has 4 aromatic carbocycles. The van der Waals surface area contributed by atoms with E-state index < -0.39 is 0 Å². The third-order valence-corrected chi connectivity index (χ3v) is 6.97. The van der Waals surface area contributed by atoms with Crippen LogP contribution in [-0.4, -0.2) is 22.8 Å². The van der Waals surface area contributed by atoms with Gasteiger partial charge in [-0.3, -0.25) is 0 Å². The van der Waals surface area contributed by atoms with E-state index in [1.165, 1.54) is 44.5 Å². The van der Waals surface area contributed by atoms with Gasteiger partial charge >= 0.3 is 0 Å². The van der Waals surface area contributed by atoms with Gasteiger partial charge in [0.15, 0.2) is 0 Å². The Morgan fingerprint density at radius 3 is 1.04 bits per heavy atom. The molecule has 0 aromatic heterocycles. The fraction of sp³-hybridized carbons (Fsp3) is 0.333. The number of rotatable bonds is 4. The number of benzene rings is 4. The van der Waals surface area contributed by atoms with Crippen molar-refractivity contribution in [1.82, 2.24) is 0 Å². The van der Waals surface area contributed by atoms with Crippen molar-refractivity contribution in [3.05, 3.63) is 142 Å². The summed E-state index contributed by atoms with van der Waals surface area (Å²) in [7, 11) is 0. The van der Waals surface area contributed by atoms with Gasteiger partial charge in [0.1, 0.15) is 0 Å². The maximum Gasteiger partial charge on any atom is 0.0765 e. The van der Waals surface area contributed by atoms with Crippen LogP contribution in [-0.2, 0) is 0 Å². The maximum absolute atomic E-state index is 4.37. The summed E-state index contributed by atoms with van der Waals surface area (Å²) in [5.41, 5.74) is 14.0. The molecule has 2 heterocycles. The molecule has 46 heavy (non-hydrogen) atoms. The zero-order valence-corrected chi connectivity index (χ0v) is 30.4. The average molecular weight is 617 g/mol. The zero-order chi connectivity index (χ0) is 34.5. The van der Waals surface area contributed by atoms with Crippen LogP contribution in [0, 0.1) is 27.7 Å². The van der Waals surface area contributed by atoms with Gasteiger partial charge in [0.2, 0.25) is 0 Å². The Morgan fingerprint density at radius 1 is 0.370 bits per heavy atom. The minimum Gasteiger partial charge on any atom is -0.154 e. The first-order valence-electron chi connectivity index (χ1n) is 17.0. The number of nitrogens with zero attached hydrogens (tertiary/aromatic N) is 4. The van der Waals surface area contributed by atoms with Gasteiger partial charge in [-0.25, -0.2) is 0 Å². The predicted octanol–water partition coefficient (Wildman–Crippen LogP) is 11.9. The molecule has 0 amide bonds. The Hall–Kier alpha value is -4.44. The summed E-state index contributed by atoms with van der Waals surface area (Å²) in [6, 6.07) is 33.4. The Kier molecular flexibility index (Phi) is 19.0. The van der Waals surface area contributed by atoms with Crippen molar-refractivity contribution in [3.63, 3.8) is 0 Å². The highest BCUT2D eigenvalue weighted by Crippen LogP contribution is 2.21. The third-order valence-electron chi connectivity index (χ3n) is 6.97. The van der Waals surface area contributed by atoms with Gasteiger partial charge in [-0.1, -0.05) is 158 Å². The molecule has 0 radical (unpaired) electrons. The smallest absolute Gasteiger partial charge is 0.0765 e. The standard InChI is InChI=1S/2C17H16N2.4C2H6/c1-12-7-3-5-9-14(12)16-11-17(19-18-16)15-10-6-4-8-13(15)2;1-12-6-5-8-14(10-12)16-11-17(19-18-16)15-9-4-3-7-13(15)2;4*1-2/h2*3-10H,11H2,1-2H3;4*1-2H3. The second kappa shape index (κ2) is 22.1. The lowest BCUT2D eigenvalue weighted by molar-refractivity contribution is 1.26. The molecule has 0 atom stereocenters. The summed E-state index contributed by atoms with van der Waals surface area (Å²) in [4.78, 5) is 0. The predicted molar refractivity (Wildman–Crippen MR) is 205 cm³/mol. The van der Waals surface area contributed by atoms with E-state index in [-0.39, 0.29) is 0 Å². The Labute approximate surface area is 280 Å². The molecule has 4 aromatic rings. The molecule has 0 saturated carbocycles. The van der Waals surface area contributed by atoms with E-state index in [1.807, 2.05) is 55.4 Å². The monoisotopic (exact) mass is 616 g/mol. The van der Waals surface area contributed by atoms with Crippen LogP contribution in [0.15, 0.2) is 117 Å². The van der Waals surface area contributed by atoms with Crippen LogP contribution in [0.5, 0.6) is 0 Å². The van der Waals surface area contributed by atoms with Crippen LogP contribution in [0.4, 0.5) is 0 Å². The molecule has 4 nitrogen and oxygen atoms in total. The van der Waals surface area contributed by atoms with Crippen molar-refractivity contribution in [2.24, 2.45) is 20.4 Å². The molecule has 0 bridgehead atoms. The van der Waals surface area contributed by atoms with E-state index in [1.54, 1.807) is 0 Å². The average Bonchev–Trinajstić information content (AvgIpc) is 3.81. The minimum atomic E-state index is 0.814. The molecule has 244 valence electrons. The second-order valence-corrected chi connectivity index (χ2v) is 9.85. The molecule has 0 aliphatic carbocycles. The summed E-state index contributed by atoms with van der Waals surface area (Å²) < 4.78 is 0. The topological polar surface area (TPSA) is 49.4 Å². The second-order valence-electron chi connectivity index (χ2n) is 9.85. The van der Waals surface area contributed by atoms with Gasteiger partial charge in [0.05, 0.1) is 22.8 Å². The fourth-order valence-electron chi connectivity index (χ4n) is 4.82. The van der Waals surface area contributed by atoms with Crippen LogP contribution in [0.25, 0.3) is 0 Å². The highest BCUT2D eigenvalue weighted by molar-refractivity contribution is 6.21. The van der Waals surface area contributed by atoms with Crippen molar-refractivity contribution in [3.8, 4) is 0 Å². The normalized spacial score (nSPS) is 12.3. The highest BCUT2D eigenvalue weighted by Gasteiger charge is 2.18. The Morgan fingerprint density at radius 2 is 0.696 bits per heavy atom. The molecule has 2 aliphatic rings. The van der Waals surface area contributed by atoms with E-state index in [0.717, 1.165) is 35.7 Å². The molecular weight excluding hydrogens is 560 g/mol. The van der Waals surface area contributed by atoms with Gasteiger partial charge in [-0.2, -0.15) is 20.4 Å². The van der Waals surface area contributed by atoms with Crippen LogP contribution in [0.3, 0.4) is 0 Å². The molecule has 2 aliphatic heterocycles. The molecule has 0 spiro atoms. The first kappa shape index (κ1) is 39.6. The van der Waals surface area contributed by atoms with Gasteiger partial charge in [-0.05, 0) is 49.9 Å². The molecule has 0 N–H and O–H groups in total. The van der Waals surface area contributed by atoms with Crippen LogP contribution in [0.1, 0.15) is 113 Å². The molecule has 0 fully saturated rings. The number of aryl methyl sites for hydroxylation is 4. The molecule has 4 heteroatoms. The van der Waals surface area contributed by atoms with E-state index in [0.29, 0.717) is 0 Å². The largest absolute Gasteiger partial charge is 0.154 e. The van der Waals surface area contributed by atoms with Gasteiger partial charge in [0.25, 0.3) is 0 Å². The first-order valence-corrected chi connectivity index (χ1v) is 17.0. The molecular formula is C42H56N4. The van der Waals surface area contributed by atoms with Crippen molar-refractivity contribution in [1.29, 1.82) is 0 Å². The minimum absolute atomic E-state index is 0.814. The van der Waals surface area contributed by atoms with Crippen LogP contribution < -0.4 is 0 Å². The summed E-state index contributed by atoms with van der Waals surface area (Å²) in [5, 5.41) is 17.5. The van der Waals surface area contributed by atoms with Crippen molar-refractivity contribution in [2.75, 3.05) is 0 Å². The first-order chi connectivity index (χ1) is 22.5. The highest BCUT2D eigenvalue weighted by atomic mass is 15.2. The zero-order valence-electron chi connectivity index (χ0n) is 30.4. The number of hydrogen-bond acceptors (Lipinski definition) is 4. The summed E-state index contributed by atoms with van der Waals surface area (Å²) in [5.74, 6) is 0. The maximum atomic E-state index is 4.37. The fourth-order valence-corrected chi connectivity index (χ4v) is 4.82. The van der Waals surface area contributed by atoms with E-state index in [9.17, 15) is 0 Å². The molecule has 6 rings (SSSR count). The van der Waals surface area contributed by atoms with Gasteiger partial charge in [0, 0.05) is 29.5 Å². The van der Waals surface area contributed by atoms with E-state index in [2.05, 4.69) is 145 Å². The van der Waals surface area contributed by atoms with Crippen molar-refractivity contribution >= 4 is 22.8 Å². The lowest BCUT2D eigenvalue weighted by Gasteiger charge is -2.06. The Bertz CT molecular complexity index is 1550. The Balaban J connectivity index is 0.000000379. The lowest BCUT2D eigenvalue weighted by Crippen LogP contribution is -2.07. The number of hydrogen-bond donors (Lipinski definition) is 0.